The topological polar surface area (TPSA) is 61.5 Å². The molecule has 0 saturated heterocycles. The highest BCUT2D eigenvalue weighted by Crippen LogP contribution is 2.37. The van der Waals surface area contributed by atoms with E-state index in [2.05, 4.69) is 40.4 Å². The second-order valence-electron chi connectivity index (χ2n) is 6.85. The van der Waals surface area contributed by atoms with Crippen LogP contribution < -0.4 is 5.73 Å². The summed E-state index contributed by atoms with van der Waals surface area (Å²) in [5, 5.41) is 0.115. The van der Waals surface area contributed by atoms with Crippen LogP contribution >= 0.6 is 0 Å². The number of benzene rings is 1. The summed E-state index contributed by atoms with van der Waals surface area (Å²) in [6.07, 6.45) is 1.54. The minimum atomic E-state index is -1.88. The van der Waals surface area contributed by atoms with Gasteiger partial charge < -0.3 is 14.9 Å². The van der Waals surface area contributed by atoms with Crippen molar-refractivity contribution in [3.05, 3.63) is 42.0 Å². The third-order valence-electron chi connectivity index (χ3n) is 4.08. The lowest BCUT2D eigenvalue weighted by atomic mass is 10.1. The van der Waals surface area contributed by atoms with Gasteiger partial charge in [0.1, 0.15) is 6.61 Å². The summed E-state index contributed by atoms with van der Waals surface area (Å²) < 4.78 is 11.3. The second-order valence-corrected chi connectivity index (χ2v) is 11.7. The van der Waals surface area contributed by atoms with Gasteiger partial charge in [-0.25, -0.2) is 4.79 Å². The van der Waals surface area contributed by atoms with Gasteiger partial charge in [-0.05, 0) is 35.8 Å². The van der Waals surface area contributed by atoms with E-state index in [1.165, 1.54) is 6.08 Å². The third kappa shape index (κ3) is 4.71. The number of hydrogen-bond acceptors (Lipinski definition) is 4. The molecule has 1 aromatic carbocycles. The van der Waals surface area contributed by atoms with Crippen LogP contribution in [0.5, 0.6) is 0 Å². The van der Waals surface area contributed by atoms with Gasteiger partial charge in [-0.1, -0.05) is 39.5 Å². The van der Waals surface area contributed by atoms with E-state index in [9.17, 15) is 4.79 Å². The number of ether oxygens (including phenoxy) is 1. The molecule has 5 heteroatoms. The number of carbonyl (C=O) groups is 1. The molecule has 0 aliphatic rings. The van der Waals surface area contributed by atoms with Gasteiger partial charge in [-0.3, -0.25) is 0 Å². The Kier molecular flexibility index (Phi) is 5.97. The van der Waals surface area contributed by atoms with Crippen molar-refractivity contribution in [3.8, 4) is 0 Å². The van der Waals surface area contributed by atoms with Crippen LogP contribution in [0.25, 0.3) is 0 Å². The maximum atomic E-state index is 12.1. The number of anilines is 1. The Labute approximate surface area is 134 Å². The average Bonchev–Trinajstić information content (AvgIpc) is 2.42. The highest BCUT2D eigenvalue weighted by atomic mass is 28.4. The number of carbonyl (C=O) groups excluding carboxylic acids is 1. The molecule has 0 aromatic heterocycles. The molecule has 0 aliphatic carbocycles. The molecule has 0 atom stereocenters. The van der Waals surface area contributed by atoms with Crippen LogP contribution in [-0.2, 0) is 15.8 Å². The molecule has 0 amide bonds. The van der Waals surface area contributed by atoms with E-state index >= 15 is 0 Å². The van der Waals surface area contributed by atoms with Gasteiger partial charge in [-0.2, -0.15) is 0 Å². The summed E-state index contributed by atoms with van der Waals surface area (Å²) in [5.74, 6) is -0.402. The molecule has 2 N–H and O–H groups in total. The highest BCUT2D eigenvalue weighted by molar-refractivity contribution is 6.74. The van der Waals surface area contributed by atoms with Crippen molar-refractivity contribution in [3.63, 3.8) is 0 Å². The number of hydrogen-bond donors (Lipinski definition) is 1. The SMILES string of the molecule is C=CCOC(=O)c1cc(N)ccc1CO[Si](C)(C)C(C)(C)C. The van der Waals surface area contributed by atoms with Crippen molar-refractivity contribution in [1.82, 2.24) is 0 Å². The van der Waals surface area contributed by atoms with Crippen molar-refractivity contribution in [2.75, 3.05) is 12.3 Å². The first kappa shape index (κ1) is 18.5. The third-order valence-corrected chi connectivity index (χ3v) is 8.56. The van der Waals surface area contributed by atoms with E-state index in [1.54, 1.807) is 12.1 Å². The van der Waals surface area contributed by atoms with Crippen molar-refractivity contribution in [1.29, 1.82) is 0 Å². The minimum Gasteiger partial charge on any atom is -0.458 e. The van der Waals surface area contributed by atoms with Gasteiger partial charge in [0.25, 0.3) is 0 Å². The summed E-state index contributed by atoms with van der Waals surface area (Å²) >= 11 is 0. The predicted molar refractivity (Wildman–Crippen MR) is 93.3 cm³/mol. The molecule has 4 nitrogen and oxygen atoms in total. The van der Waals surface area contributed by atoms with Crippen molar-refractivity contribution in [2.24, 2.45) is 0 Å². The number of esters is 1. The molecule has 0 saturated carbocycles. The van der Waals surface area contributed by atoms with E-state index in [0.29, 0.717) is 17.9 Å². The lowest BCUT2D eigenvalue weighted by molar-refractivity contribution is 0.0546. The highest BCUT2D eigenvalue weighted by Gasteiger charge is 2.37. The van der Waals surface area contributed by atoms with Gasteiger partial charge in [-0.15, -0.1) is 0 Å². The fourth-order valence-corrected chi connectivity index (χ4v) is 2.55. The Hall–Kier alpha value is -1.59. The van der Waals surface area contributed by atoms with Crippen LogP contribution in [0.1, 0.15) is 36.7 Å². The molecule has 0 unspecified atom stereocenters. The molecule has 0 aliphatic heterocycles. The normalized spacial score (nSPS) is 12.0. The first-order chi connectivity index (χ1) is 10.1. The van der Waals surface area contributed by atoms with Crippen LogP contribution in [0.4, 0.5) is 5.69 Å². The van der Waals surface area contributed by atoms with Crippen LogP contribution in [0.15, 0.2) is 30.9 Å². The molecule has 1 aromatic rings. The fraction of sp³-hybridized carbons (Fsp3) is 0.471. The number of nitrogens with two attached hydrogens (primary N) is 1. The van der Waals surface area contributed by atoms with Crippen molar-refractivity contribution >= 4 is 20.0 Å². The second kappa shape index (κ2) is 7.11. The predicted octanol–water partition coefficient (Wildman–Crippen LogP) is 4.13. The number of nitrogen functional groups attached to an aromatic ring is 1. The first-order valence-electron chi connectivity index (χ1n) is 7.39. The van der Waals surface area contributed by atoms with Crippen LogP contribution in [0, 0.1) is 0 Å². The number of rotatable bonds is 6. The zero-order chi connectivity index (χ0) is 17.0. The van der Waals surface area contributed by atoms with Gasteiger partial charge in [0, 0.05) is 5.69 Å². The maximum Gasteiger partial charge on any atom is 0.338 e. The molecule has 122 valence electrons. The van der Waals surface area contributed by atoms with Gasteiger partial charge in [0.05, 0.1) is 12.2 Å². The Morgan fingerprint density at radius 3 is 2.55 bits per heavy atom. The Morgan fingerprint density at radius 1 is 1.36 bits per heavy atom. The van der Waals surface area contributed by atoms with Crippen molar-refractivity contribution < 1.29 is 14.0 Å². The quantitative estimate of drug-likeness (QED) is 0.370. The molecule has 22 heavy (non-hydrogen) atoms. The zero-order valence-corrected chi connectivity index (χ0v) is 15.2. The van der Waals surface area contributed by atoms with Crippen LogP contribution in [0.3, 0.4) is 0 Å². The summed E-state index contributed by atoms with van der Waals surface area (Å²) in [7, 11) is -1.88. The Balaban J connectivity index is 2.95. The lowest BCUT2D eigenvalue weighted by Crippen LogP contribution is -2.40. The summed E-state index contributed by atoms with van der Waals surface area (Å²) in [6, 6.07) is 5.23. The molecule has 0 bridgehead atoms. The van der Waals surface area contributed by atoms with Gasteiger partial charge in [0.2, 0.25) is 0 Å². The van der Waals surface area contributed by atoms with Crippen LogP contribution in [0.2, 0.25) is 18.1 Å². The van der Waals surface area contributed by atoms with Crippen molar-refractivity contribution in [2.45, 2.75) is 45.5 Å². The monoisotopic (exact) mass is 321 g/mol. The van der Waals surface area contributed by atoms with Gasteiger partial charge >= 0.3 is 5.97 Å². The molecular weight excluding hydrogens is 294 g/mol. The van der Waals surface area contributed by atoms with E-state index in [1.807, 2.05) is 6.07 Å². The molecule has 1 rings (SSSR count). The summed E-state index contributed by atoms with van der Waals surface area (Å²) in [6.45, 7) is 15.0. The summed E-state index contributed by atoms with van der Waals surface area (Å²) in [5.41, 5.74) is 7.57. The van der Waals surface area contributed by atoms with Crippen LogP contribution in [-0.4, -0.2) is 20.9 Å². The zero-order valence-electron chi connectivity index (χ0n) is 14.2. The largest absolute Gasteiger partial charge is 0.458 e. The van der Waals surface area contributed by atoms with E-state index in [4.69, 9.17) is 14.9 Å². The van der Waals surface area contributed by atoms with E-state index in [0.717, 1.165) is 5.56 Å². The van der Waals surface area contributed by atoms with E-state index < -0.39 is 14.3 Å². The standard InChI is InChI=1S/C17H27NO3Si/c1-7-10-20-16(19)15-11-14(18)9-8-13(15)12-21-22(5,6)17(2,3)4/h7-9,11H,1,10,12,18H2,2-6H3. The minimum absolute atomic E-state index is 0.115. The van der Waals surface area contributed by atoms with E-state index in [-0.39, 0.29) is 11.6 Å². The fourth-order valence-electron chi connectivity index (χ4n) is 1.60. The first-order valence-corrected chi connectivity index (χ1v) is 10.3. The smallest absolute Gasteiger partial charge is 0.338 e. The molecule has 0 spiro atoms. The maximum absolute atomic E-state index is 12.1. The molecule has 0 fully saturated rings. The van der Waals surface area contributed by atoms with Gasteiger partial charge in [0.15, 0.2) is 8.32 Å². The average molecular weight is 321 g/mol. The lowest BCUT2D eigenvalue weighted by Gasteiger charge is -2.36. The Morgan fingerprint density at radius 2 is 2.00 bits per heavy atom. The Bertz CT molecular complexity index is 547. The molecular formula is C17H27NO3Si. The molecule has 0 heterocycles. The summed E-state index contributed by atoms with van der Waals surface area (Å²) in [4.78, 5) is 12.1. The molecule has 0 radical (unpaired) electrons.